The van der Waals surface area contributed by atoms with Crippen LogP contribution < -0.4 is 0 Å². The average Bonchev–Trinajstić information content (AvgIpc) is 2.27. The molecule has 0 spiro atoms. The van der Waals surface area contributed by atoms with Gasteiger partial charge in [0.05, 0.1) is 6.42 Å². The van der Waals surface area contributed by atoms with Gasteiger partial charge in [0.15, 0.2) is 0 Å². The van der Waals surface area contributed by atoms with Gasteiger partial charge in [-0.1, -0.05) is 44.5 Å². The van der Waals surface area contributed by atoms with Gasteiger partial charge in [0.2, 0.25) is 0 Å². The standard InChI is InChI=1S/C16H22O2/c1-16(2)9-5-7-13(11-16)14-8-4-3-6-12(14)10-15(17)18/h3-4,6,8,13H,5,7,9-11H2,1-2H3,(H,17,18). The number of carboxylic acid groups (broad SMARTS) is 1. The summed E-state index contributed by atoms with van der Waals surface area (Å²) < 4.78 is 0. The molecular weight excluding hydrogens is 224 g/mol. The highest BCUT2D eigenvalue weighted by molar-refractivity contribution is 5.70. The van der Waals surface area contributed by atoms with Crippen molar-refractivity contribution in [2.24, 2.45) is 5.41 Å². The molecule has 0 heterocycles. The first-order valence-electron chi connectivity index (χ1n) is 6.77. The molecule has 0 radical (unpaired) electrons. The SMILES string of the molecule is CC1(C)CCCC(c2ccccc2CC(=O)O)C1. The van der Waals surface area contributed by atoms with Crippen LogP contribution in [-0.4, -0.2) is 11.1 Å². The van der Waals surface area contributed by atoms with Crippen molar-refractivity contribution >= 4 is 5.97 Å². The van der Waals surface area contributed by atoms with Gasteiger partial charge >= 0.3 is 5.97 Å². The Kier molecular flexibility index (Phi) is 3.74. The Hall–Kier alpha value is -1.31. The van der Waals surface area contributed by atoms with Gasteiger partial charge in [-0.15, -0.1) is 0 Å². The van der Waals surface area contributed by atoms with E-state index in [9.17, 15) is 4.79 Å². The van der Waals surface area contributed by atoms with E-state index < -0.39 is 5.97 Å². The molecule has 1 aromatic rings. The molecule has 0 bridgehead atoms. The molecule has 1 aliphatic rings. The molecule has 0 saturated heterocycles. The quantitative estimate of drug-likeness (QED) is 0.875. The van der Waals surface area contributed by atoms with Crippen LogP contribution in [0.1, 0.15) is 56.6 Å². The number of aliphatic carboxylic acids is 1. The zero-order valence-electron chi connectivity index (χ0n) is 11.3. The lowest BCUT2D eigenvalue weighted by molar-refractivity contribution is -0.136. The second kappa shape index (κ2) is 5.13. The Morgan fingerprint density at radius 2 is 2.11 bits per heavy atom. The molecule has 2 heteroatoms. The molecule has 18 heavy (non-hydrogen) atoms. The van der Waals surface area contributed by atoms with Crippen molar-refractivity contribution in [1.82, 2.24) is 0 Å². The molecule has 0 aliphatic heterocycles. The Labute approximate surface area is 109 Å². The molecule has 1 N–H and O–H groups in total. The van der Waals surface area contributed by atoms with E-state index >= 15 is 0 Å². The molecule has 2 rings (SSSR count). The molecule has 1 atom stereocenters. The van der Waals surface area contributed by atoms with Crippen LogP contribution in [0.4, 0.5) is 0 Å². The highest BCUT2D eigenvalue weighted by Crippen LogP contribution is 2.44. The van der Waals surface area contributed by atoms with Gasteiger partial charge in [0.1, 0.15) is 0 Å². The number of hydrogen-bond acceptors (Lipinski definition) is 1. The smallest absolute Gasteiger partial charge is 0.307 e. The van der Waals surface area contributed by atoms with Crippen molar-refractivity contribution < 1.29 is 9.90 Å². The lowest BCUT2D eigenvalue weighted by Crippen LogP contribution is -2.22. The van der Waals surface area contributed by atoms with Crippen LogP contribution >= 0.6 is 0 Å². The van der Waals surface area contributed by atoms with Crippen molar-refractivity contribution in [2.75, 3.05) is 0 Å². The van der Waals surface area contributed by atoms with Crippen LogP contribution in [0.3, 0.4) is 0 Å². The van der Waals surface area contributed by atoms with E-state index in [0.717, 1.165) is 5.56 Å². The normalized spacial score (nSPS) is 22.7. The minimum atomic E-state index is -0.738. The number of carbonyl (C=O) groups is 1. The van der Waals surface area contributed by atoms with Crippen molar-refractivity contribution in [3.05, 3.63) is 35.4 Å². The molecule has 0 aromatic heterocycles. The van der Waals surface area contributed by atoms with E-state index in [1.54, 1.807) is 0 Å². The van der Waals surface area contributed by atoms with Crippen LogP contribution in [0.15, 0.2) is 24.3 Å². The second-order valence-corrected chi connectivity index (χ2v) is 6.23. The summed E-state index contributed by atoms with van der Waals surface area (Å²) in [6, 6.07) is 8.05. The zero-order valence-corrected chi connectivity index (χ0v) is 11.3. The maximum atomic E-state index is 10.9. The Balaban J connectivity index is 2.24. The first-order chi connectivity index (χ1) is 8.48. The molecule has 0 amide bonds. The Bertz CT molecular complexity index is 434. The minimum absolute atomic E-state index is 0.146. The summed E-state index contributed by atoms with van der Waals surface area (Å²) in [7, 11) is 0. The number of rotatable bonds is 3. The van der Waals surface area contributed by atoms with Gasteiger partial charge in [-0.3, -0.25) is 4.79 Å². The molecule has 1 aliphatic carbocycles. The van der Waals surface area contributed by atoms with E-state index in [1.165, 1.54) is 31.2 Å². The van der Waals surface area contributed by atoms with Crippen LogP contribution in [0, 0.1) is 5.41 Å². The summed E-state index contributed by atoms with van der Waals surface area (Å²) in [5.74, 6) is -0.207. The molecule has 98 valence electrons. The van der Waals surface area contributed by atoms with E-state index in [1.807, 2.05) is 18.2 Å². The molecule has 2 nitrogen and oxygen atoms in total. The fourth-order valence-corrected chi connectivity index (χ4v) is 3.22. The largest absolute Gasteiger partial charge is 0.481 e. The third-order valence-electron chi connectivity index (χ3n) is 4.04. The third kappa shape index (κ3) is 3.12. The summed E-state index contributed by atoms with van der Waals surface area (Å²) in [5.41, 5.74) is 2.64. The zero-order chi connectivity index (χ0) is 13.2. The van der Waals surface area contributed by atoms with E-state index in [4.69, 9.17) is 5.11 Å². The van der Waals surface area contributed by atoms with Crippen molar-refractivity contribution in [1.29, 1.82) is 0 Å². The van der Waals surface area contributed by atoms with E-state index in [2.05, 4.69) is 19.9 Å². The van der Waals surface area contributed by atoms with Gasteiger partial charge in [-0.2, -0.15) is 0 Å². The average molecular weight is 246 g/mol. The Morgan fingerprint density at radius 3 is 2.78 bits per heavy atom. The second-order valence-electron chi connectivity index (χ2n) is 6.23. The Morgan fingerprint density at radius 1 is 1.39 bits per heavy atom. The van der Waals surface area contributed by atoms with Gasteiger partial charge in [0, 0.05) is 0 Å². The van der Waals surface area contributed by atoms with E-state index in [-0.39, 0.29) is 6.42 Å². The molecule has 1 aromatic carbocycles. The predicted molar refractivity (Wildman–Crippen MR) is 72.8 cm³/mol. The summed E-state index contributed by atoms with van der Waals surface area (Å²) in [5, 5.41) is 8.99. The van der Waals surface area contributed by atoms with Crippen LogP contribution in [-0.2, 0) is 11.2 Å². The maximum Gasteiger partial charge on any atom is 0.307 e. The van der Waals surface area contributed by atoms with Crippen molar-refractivity contribution in [2.45, 2.75) is 51.9 Å². The molecule has 1 unspecified atom stereocenters. The summed E-state index contributed by atoms with van der Waals surface area (Å²) in [6.45, 7) is 4.64. The lowest BCUT2D eigenvalue weighted by Gasteiger charge is -2.36. The van der Waals surface area contributed by atoms with E-state index in [0.29, 0.717) is 11.3 Å². The first-order valence-corrected chi connectivity index (χ1v) is 6.77. The monoisotopic (exact) mass is 246 g/mol. The number of benzene rings is 1. The highest BCUT2D eigenvalue weighted by Gasteiger charge is 2.29. The van der Waals surface area contributed by atoms with Gasteiger partial charge in [-0.05, 0) is 41.7 Å². The summed E-state index contributed by atoms with van der Waals surface area (Å²) >= 11 is 0. The van der Waals surface area contributed by atoms with Crippen LogP contribution in [0.2, 0.25) is 0 Å². The maximum absolute atomic E-state index is 10.9. The van der Waals surface area contributed by atoms with Crippen LogP contribution in [0.5, 0.6) is 0 Å². The molecule has 1 saturated carbocycles. The fraction of sp³-hybridized carbons (Fsp3) is 0.562. The van der Waals surface area contributed by atoms with Gasteiger partial charge in [-0.25, -0.2) is 0 Å². The predicted octanol–water partition coefficient (Wildman–Crippen LogP) is 4.00. The lowest BCUT2D eigenvalue weighted by atomic mass is 9.69. The first kappa shape index (κ1) is 13.1. The van der Waals surface area contributed by atoms with Crippen molar-refractivity contribution in [3.63, 3.8) is 0 Å². The van der Waals surface area contributed by atoms with Crippen LogP contribution in [0.25, 0.3) is 0 Å². The fourth-order valence-electron chi connectivity index (χ4n) is 3.22. The minimum Gasteiger partial charge on any atom is -0.481 e. The number of hydrogen-bond donors (Lipinski definition) is 1. The third-order valence-corrected chi connectivity index (χ3v) is 4.04. The van der Waals surface area contributed by atoms with Gasteiger partial charge < -0.3 is 5.11 Å². The summed E-state index contributed by atoms with van der Waals surface area (Å²) in [6.07, 6.45) is 5.04. The number of carboxylic acids is 1. The summed E-state index contributed by atoms with van der Waals surface area (Å²) in [4.78, 5) is 10.9. The van der Waals surface area contributed by atoms with Crippen molar-refractivity contribution in [3.8, 4) is 0 Å². The highest BCUT2D eigenvalue weighted by atomic mass is 16.4. The topological polar surface area (TPSA) is 37.3 Å². The molecule has 1 fully saturated rings. The molecular formula is C16H22O2. The van der Waals surface area contributed by atoms with Gasteiger partial charge in [0.25, 0.3) is 0 Å².